The van der Waals surface area contributed by atoms with Crippen LogP contribution in [0.4, 0.5) is 36.8 Å². The van der Waals surface area contributed by atoms with Crippen molar-refractivity contribution in [1.82, 2.24) is 0 Å². The van der Waals surface area contributed by atoms with E-state index < -0.39 is 29.9 Å². The fourth-order valence-electron chi connectivity index (χ4n) is 2.03. The second-order valence-corrected chi connectivity index (χ2v) is 5.28. The van der Waals surface area contributed by atoms with Crippen molar-refractivity contribution in [2.24, 2.45) is 4.99 Å². The third-order valence-electron chi connectivity index (χ3n) is 3.22. The molecule has 27 heavy (non-hydrogen) atoms. The van der Waals surface area contributed by atoms with Gasteiger partial charge in [-0.15, -0.1) is 13.2 Å². The predicted octanol–water partition coefficient (Wildman–Crippen LogP) is 5.65. The Kier molecular flexibility index (Phi) is 5.77. The topological polar surface area (TPSA) is 50.7 Å². The summed E-state index contributed by atoms with van der Waals surface area (Å²) in [5.74, 6) is -0.468. The molecular weight excluding hydrogens is 378 g/mol. The van der Waals surface area contributed by atoms with E-state index in [4.69, 9.17) is 0 Å². The molecule has 10 heteroatoms. The van der Waals surface area contributed by atoms with Crippen molar-refractivity contribution in [3.05, 3.63) is 59.7 Å². The van der Waals surface area contributed by atoms with Crippen LogP contribution in [0.25, 0.3) is 0 Å². The van der Waals surface area contributed by atoms with Crippen LogP contribution in [0.2, 0.25) is 0 Å². The van der Waals surface area contributed by atoms with Gasteiger partial charge in [-0.2, -0.15) is 18.2 Å². The molecule has 1 N–H and O–H groups in total. The lowest BCUT2D eigenvalue weighted by atomic mass is 10.1. The Morgan fingerprint density at radius 1 is 1.00 bits per heavy atom. The number of aliphatic imine (C=N–C) groups is 1. The van der Waals surface area contributed by atoms with Crippen LogP contribution >= 0.6 is 0 Å². The lowest BCUT2D eigenvalue weighted by molar-refractivity contribution is -0.274. The van der Waals surface area contributed by atoms with Crippen LogP contribution in [0, 0.1) is 0 Å². The van der Waals surface area contributed by atoms with Gasteiger partial charge in [0.05, 0.1) is 11.3 Å². The maximum atomic E-state index is 12.7. The number of carbonyl (C=O) groups excluding carboxylic acids is 1. The molecule has 0 aromatic heterocycles. The number of hydrogen-bond acceptors (Lipinski definition) is 2. The number of amides is 2. The first-order valence-corrected chi connectivity index (χ1v) is 7.34. The Hall–Kier alpha value is -3.04. The van der Waals surface area contributed by atoms with Crippen LogP contribution < -0.4 is 10.1 Å². The monoisotopic (exact) mass is 390 g/mol. The molecular formula is C17H12F6N2O2. The summed E-state index contributed by atoms with van der Waals surface area (Å²) in [6.07, 6.45) is -9.37. The van der Waals surface area contributed by atoms with Crippen molar-refractivity contribution in [3.63, 3.8) is 0 Å². The Morgan fingerprint density at radius 2 is 1.63 bits per heavy atom. The van der Waals surface area contributed by atoms with Crippen LogP contribution in [0.15, 0.2) is 53.5 Å². The molecule has 0 saturated carbocycles. The van der Waals surface area contributed by atoms with Crippen LogP contribution in [0.3, 0.4) is 0 Å². The minimum atomic E-state index is -4.84. The predicted molar refractivity (Wildman–Crippen MR) is 85.8 cm³/mol. The van der Waals surface area contributed by atoms with Gasteiger partial charge in [0.15, 0.2) is 0 Å². The van der Waals surface area contributed by atoms with Gasteiger partial charge >= 0.3 is 18.6 Å². The molecule has 0 unspecified atom stereocenters. The smallest absolute Gasteiger partial charge is 0.406 e. The third-order valence-corrected chi connectivity index (χ3v) is 3.22. The number of benzene rings is 2. The van der Waals surface area contributed by atoms with Crippen LogP contribution in [0.1, 0.15) is 18.1 Å². The Morgan fingerprint density at radius 3 is 2.19 bits per heavy atom. The molecule has 2 rings (SSSR count). The molecule has 4 nitrogen and oxygen atoms in total. The Labute approximate surface area is 149 Å². The molecule has 144 valence electrons. The van der Waals surface area contributed by atoms with E-state index in [1.807, 2.05) is 0 Å². The highest BCUT2D eigenvalue weighted by Crippen LogP contribution is 2.29. The van der Waals surface area contributed by atoms with Gasteiger partial charge < -0.3 is 10.1 Å². The molecule has 0 fully saturated rings. The minimum absolute atomic E-state index is 0.0376. The number of carbonyl (C=O) groups is 1. The fraction of sp³-hybridized carbons (Fsp3) is 0.176. The lowest BCUT2D eigenvalue weighted by Crippen LogP contribution is -2.17. The average Bonchev–Trinajstić information content (AvgIpc) is 2.54. The van der Waals surface area contributed by atoms with Crippen molar-refractivity contribution >= 4 is 17.4 Å². The minimum Gasteiger partial charge on any atom is -0.406 e. The number of anilines is 1. The molecule has 0 bridgehead atoms. The molecule has 0 saturated heterocycles. The summed E-state index contributed by atoms with van der Waals surface area (Å²) in [4.78, 5) is 15.5. The zero-order valence-corrected chi connectivity index (χ0v) is 13.7. The van der Waals surface area contributed by atoms with Gasteiger partial charge in [0.25, 0.3) is 0 Å². The van der Waals surface area contributed by atoms with E-state index in [0.29, 0.717) is 0 Å². The van der Waals surface area contributed by atoms with E-state index in [1.165, 1.54) is 19.1 Å². The summed E-state index contributed by atoms with van der Waals surface area (Å²) in [7, 11) is 0. The van der Waals surface area contributed by atoms with Crippen molar-refractivity contribution in [2.45, 2.75) is 19.5 Å². The summed E-state index contributed by atoms with van der Waals surface area (Å²) >= 11 is 0. The number of alkyl halides is 6. The summed E-state index contributed by atoms with van der Waals surface area (Å²) < 4.78 is 78.1. The molecule has 0 aliphatic carbocycles. The second kappa shape index (κ2) is 7.68. The summed E-state index contributed by atoms with van der Waals surface area (Å²) in [5, 5.41) is 2.29. The molecule has 2 aromatic carbocycles. The van der Waals surface area contributed by atoms with E-state index in [1.54, 1.807) is 0 Å². The van der Waals surface area contributed by atoms with E-state index in [2.05, 4.69) is 15.0 Å². The van der Waals surface area contributed by atoms with Gasteiger partial charge in [-0.1, -0.05) is 12.1 Å². The standard InChI is InChI=1S/C17H12F6N2O2/c1-10(11-3-2-4-12(9-11)16(18,19)20)24-15(26)25-13-5-7-14(8-6-13)27-17(21,22)23/h2-9H,1H3,(H,25,26). The maximum Gasteiger partial charge on any atom is 0.573 e. The summed E-state index contributed by atoms with van der Waals surface area (Å²) in [5.41, 5.74) is -0.602. The fourth-order valence-corrected chi connectivity index (χ4v) is 2.03. The highest BCUT2D eigenvalue weighted by molar-refractivity contribution is 6.07. The number of nitrogens with one attached hydrogen (secondary N) is 1. The van der Waals surface area contributed by atoms with Gasteiger partial charge in [-0.3, -0.25) is 0 Å². The second-order valence-electron chi connectivity index (χ2n) is 5.28. The number of halogens is 6. The molecule has 0 radical (unpaired) electrons. The van der Waals surface area contributed by atoms with E-state index in [9.17, 15) is 31.1 Å². The normalized spacial score (nSPS) is 12.6. The number of nitrogens with zero attached hydrogens (tertiary/aromatic N) is 1. The van der Waals surface area contributed by atoms with Crippen LogP contribution in [-0.4, -0.2) is 18.1 Å². The maximum absolute atomic E-state index is 12.7. The number of urea groups is 1. The molecule has 0 spiro atoms. The van der Waals surface area contributed by atoms with Gasteiger partial charge in [0, 0.05) is 5.69 Å². The first kappa shape index (κ1) is 20.3. The van der Waals surface area contributed by atoms with E-state index >= 15 is 0 Å². The highest BCUT2D eigenvalue weighted by Gasteiger charge is 2.31. The van der Waals surface area contributed by atoms with Crippen LogP contribution in [-0.2, 0) is 6.18 Å². The molecule has 0 atom stereocenters. The largest absolute Gasteiger partial charge is 0.573 e. The molecule has 2 aromatic rings. The first-order chi connectivity index (χ1) is 12.4. The van der Waals surface area contributed by atoms with E-state index in [0.717, 1.165) is 36.4 Å². The SMILES string of the molecule is CC(=NC(=O)Nc1ccc(OC(F)(F)F)cc1)c1cccc(C(F)(F)F)c1. The van der Waals surface area contributed by atoms with E-state index in [-0.39, 0.29) is 17.0 Å². The first-order valence-electron chi connectivity index (χ1n) is 7.34. The third kappa shape index (κ3) is 6.32. The van der Waals surface area contributed by atoms with Gasteiger partial charge in [0.2, 0.25) is 0 Å². The average molecular weight is 390 g/mol. The molecule has 2 amide bonds. The van der Waals surface area contributed by atoms with Crippen molar-refractivity contribution in [1.29, 1.82) is 0 Å². The number of hydrogen-bond donors (Lipinski definition) is 1. The summed E-state index contributed by atoms with van der Waals surface area (Å²) in [6, 6.07) is 7.71. The molecule has 0 aliphatic rings. The zero-order valence-electron chi connectivity index (χ0n) is 13.7. The lowest BCUT2D eigenvalue weighted by Gasteiger charge is -2.10. The van der Waals surface area contributed by atoms with Crippen molar-refractivity contribution in [3.8, 4) is 5.75 Å². The molecule has 0 heterocycles. The summed E-state index contributed by atoms with van der Waals surface area (Å²) in [6.45, 7) is 1.36. The highest BCUT2D eigenvalue weighted by atomic mass is 19.4. The van der Waals surface area contributed by atoms with Crippen LogP contribution in [0.5, 0.6) is 5.75 Å². The Bertz CT molecular complexity index is 842. The van der Waals surface area contributed by atoms with Crippen molar-refractivity contribution < 1.29 is 35.9 Å². The number of rotatable bonds is 3. The zero-order chi connectivity index (χ0) is 20.2. The quantitative estimate of drug-likeness (QED) is 0.544. The van der Waals surface area contributed by atoms with Gasteiger partial charge in [-0.05, 0) is 48.9 Å². The number of ether oxygens (including phenoxy) is 1. The van der Waals surface area contributed by atoms with Gasteiger partial charge in [0.1, 0.15) is 5.75 Å². The Balaban J connectivity index is 2.08. The van der Waals surface area contributed by atoms with Gasteiger partial charge in [-0.25, -0.2) is 4.79 Å². The van der Waals surface area contributed by atoms with Crippen molar-refractivity contribution in [2.75, 3.05) is 5.32 Å². The molecule has 0 aliphatic heterocycles.